The molecule has 1 spiro atoms. The van der Waals surface area contributed by atoms with Gasteiger partial charge in [-0.05, 0) is 128 Å². The molecular formula is C67H42N2S. The van der Waals surface area contributed by atoms with E-state index in [9.17, 15) is 0 Å². The van der Waals surface area contributed by atoms with Crippen molar-refractivity contribution in [1.29, 1.82) is 0 Å². The second kappa shape index (κ2) is 15.1. The minimum atomic E-state index is -0.645. The molecule has 2 nitrogen and oxygen atoms in total. The summed E-state index contributed by atoms with van der Waals surface area (Å²) in [5.74, 6) is 0. The molecule has 0 fully saturated rings. The third kappa shape index (κ3) is 5.44. The third-order valence-electron chi connectivity index (χ3n) is 15.2. The Balaban J connectivity index is 1.03. The van der Waals surface area contributed by atoms with Gasteiger partial charge < -0.3 is 9.80 Å². The van der Waals surface area contributed by atoms with E-state index in [2.05, 4.69) is 265 Å². The monoisotopic (exact) mass is 906 g/mol. The van der Waals surface area contributed by atoms with Gasteiger partial charge in [0.1, 0.15) is 0 Å². The SMILES string of the molecule is c1ccc(N(c2ccc3c(c2)-c2ccccc2-c2ccccc2N3c2ccccc2)c2ccc3c(c2)C2(c4ccccc4-c4ccccc4-3)c3ccccc3-c3c2ccc2c3sc3ccccc32)cc1. The van der Waals surface area contributed by atoms with Crippen molar-refractivity contribution in [3.63, 3.8) is 0 Å². The summed E-state index contributed by atoms with van der Waals surface area (Å²) in [5, 5.41) is 2.64. The molecule has 0 bridgehead atoms. The summed E-state index contributed by atoms with van der Waals surface area (Å²) in [6.07, 6.45) is 0. The maximum atomic E-state index is 2.54. The van der Waals surface area contributed by atoms with Crippen molar-refractivity contribution < 1.29 is 0 Å². The van der Waals surface area contributed by atoms with Crippen LogP contribution in [0.3, 0.4) is 0 Å². The predicted molar refractivity (Wildman–Crippen MR) is 295 cm³/mol. The number of hydrogen-bond acceptors (Lipinski definition) is 3. The molecule has 0 saturated heterocycles. The van der Waals surface area contributed by atoms with E-state index in [1.165, 1.54) is 98.1 Å². The second-order valence-electron chi connectivity index (χ2n) is 18.7. The van der Waals surface area contributed by atoms with E-state index in [4.69, 9.17) is 0 Å². The molecule has 0 saturated carbocycles. The average Bonchev–Trinajstić information content (AvgIpc) is 3.89. The van der Waals surface area contributed by atoms with E-state index in [0.29, 0.717) is 0 Å². The summed E-state index contributed by atoms with van der Waals surface area (Å²) in [6.45, 7) is 0. The van der Waals surface area contributed by atoms with E-state index < -0.39 is 5.41 Å². The Hall–Kier alpha value is -8.76. The maximum Gasteiger partial charge on any atom is 0.0726 e. The number of fused-ring (bicyclic) bond motifs is 21. The Morgan fingerprint density at radius 1 is 0.314 bits per heavy atom. The largest absolute Gasteiger partial charge is 0.310 e. The smallest absolute Gasteiger partial charge is 0.0726 e. The number of thiophene rings is 1. The second-order valence-corrected chi connectivity index (χ2v) is 19.7. The first-order valence-corrected chi connectivity index (χ1v) is 25.0. The molecule has 3 heteroatoms. The molecule has 2 heterocycles. The number of para-hydroxylation sites is 3. The van der Waals surface area contributed by atoms with Crippen molar-refractivity contribution in [2.45, 2.75) is 5.41 Å². The summed E-state index contributed by atoms with van der Waals surface area (Å²) in [5.41, 5.74) is 23.8. The van der Waals surface area contributed by atoms with E-state index in [1.807, 2.05) is 11.3 Å². The molecule has 0 amide bonds. The van der Waals surface area contributed by atoms with Crippen molar-refractivity contribution in [3.05, 3.63) is 277 Å². The Morgan fingerprint density at radius 3 is 1.60 bits per heavy atom. The van der Waals surface area contributed by atoms with Gasteiger partial charge in [0.05, 0.1) is 16.8 Å². The normalized spacial score (nSPS) is 14.6. The molecule has 326 valence electrons. The van der Waals surface area contributed by atoms with E-state index in [0.717, 1.165) is 34.1 Å². The Morgan fingerprint density at radius 2 is 0.843 bits per heavy atom. The Bertz CT molecular complexity index is 4090. The molecule has 3 aliphatic rings. The first kappa shape index (κ1) is 39.3. The van der Waals surface area contributed by atoms with Crippen LogP contribution in [0.15, 0.2) is 255 Å². The number of rotatable bonds is 4. The van der Waals surface area contributed by atoms with Crippen molar-refractivity contribution in [1.82, 2.24) is 0 Å². The van der Waals surface area contributed by atoms with Crippen LogP contribution in [0.1, 0.15) is 22.3 Å². The number of anilines is 6. The highest BCUT2D eigenvalue weighted by atomic mass is 32.1. The van der Waals surface area contributed by atoms with Crippen molar-refractivity contribution in [2.75, 3.05) is 9.80 Å². The van der Waals surface area contributed by atoms with Gasteiger partial charge in [-0.1, -0.05) is 188 Å². The fraction of sp³-hybridized carbons (Fsp3) is 0.0149. The lowest BCUT2D eigenvalue weighted by Gasteiger charge is -2.36. The average molecular weight is 907 g/mol. The first-order valence-electron chi connectivity index (χ1n) is 24.2. The van der Waals surface area contributed by atoms with Gasteiger partial charge in [0.2, 0.25) is 0 Å². The van der Waals surface area contributed by atoms with Gasteiger partial charge in [-0.25, -0.2) is 0 Å². The molecular weight excluding hydrogens is 865 g/mol. The number of nitrogens with zero attached hydrogens (tertiary/aromatic N) is 2. The van der Waals surface area contributed by atoms with Crippen LogP contribution in [-0.4, -0.2) is 0 Å². The van der Waals surface area contributed by atoms with Gasteiger partial charge in [-0.15, -0.1) is 11.3 Å². The molecule has 15 rings (SSSR count). The standard InChI is InChI=1S/C67H42N2S/c1-3-19-43(20-4-1)68(45-36-40-63-57(41-45)50-26-10-9-25-49(50)53-28-13-17-33-62(53)69(63)44-21-5-2-6-22-44)46-35-37-52-48-24-8-7-23-47(48)51-27-11-15-31-58(51)67(61(52)42-46)59-32-16-12-30-56(59)65-60(67)39-38-55-54-29-14-18-34-64(54)70-66(55)65/h1-42H. The fourth-order valence-electron chi connectivity index (χ4n) is 12.4. The van der Waals surface area contributed by atoms with Crippen LogP contribution in [-0.2, 0) is 5.41 Å². The van der Waals surface area contributed by atoms with Crippen LogP contribution < -0.4 is 9.80 Å². The highest BCUT2D eigenvalue weighted by Crippen LogP contribution is 2.64. The van der Waals surface area contributed by atoms with Crippen LogP contribution in [0, 0.1) is 0 Å². The topological polar surface area (TPSA) is 6.48 Å². The van der Waals surface area contributed by atoms with Gasteiger partial charge in [0.25, 0.3) is 0 Å². The maximum absolute atomic E-state index is 2.54. The molecule has 1 aromatic heterocycles. The molecule has 1 unspecified atom stereocenters. The van der Waals surface area contributed by atoms with Crippen LogP contribution in [0.5, 0.6) is 0 Å². The lowest BCUT2D eigenvalue weighted by molar-refractivity contribution is 0.776. The lowest BCUT2D eigenvalue weighted by atomic mass is 9.65. The van der Waals surface area contributed by atoms with Crippen LogP contribution >= 0.6 is 11.3 Å². The summed E-state index contributed by atoms with van der Waals surface area (Å²) in [7, 11) is 0. The molecule has 0 radical (unpaired) electrons. The Kier molecular flexibility index (Phi) is 8.48. The van der Waals surface area contributed by atoms with Crippen molar-refractivity contribution >= 4 is 65.6 Å². The fourth-order valence-corrected chi connectivity index (χ4v) is 13.7. The van der Waals surface area contributed by atoms with Crippen LogP contribution in [0.4, 0.5) is 34.1 Å². The zero-order valence-electron chi connectivity index (χ0n) is 38.1. The predicted octanol–water partition coefficient (Wildman–Crippen LogP) is 18.7. The van der Waals surface area contributed by atoms with Crippen molar-refractivity contribution in [2.24, 2.45) is 0 Å². The summed E-state index contributed by atoms with van der Waals surface area (Å²) in [6, 6.07) is 95.2. The van der Waals surface area contributed by atoms with Crippen LogP contribution in [0.25, 0.3) is 75.8 Å². The molecule has 70 heavy (non-hydrogen) atoms. The highest BCUT2D eigenvalue weighted by molar-refractivity contribution is 7.26. The van der Waals surface area contributed by atoms with Gasteiger partial charge in [0, 0.05) is 59.6 Å². The lowest BCUT2D eigenvalue weighted by Crippen LogP contribution is -2.29. The summed E-state index contributed by atoms with van der Waals surface area (Å²) in [4.78, 5) is 4.91. The Labute approximate surface area is 411 Å². The molecule has 1 aliphatic heterocycles. The zero-order chi connectivity index (χ0) is 45.9. The number of benzene rings is 11. The minimum absolute atomic E-state index is 0.645. The highest BCUT2D eigenvalue weighted by Gasteiger charge is 2.50. The minimum Gasteiger partial charge on any atom is -0.310 e. The van der Waals surface area contributed by atoms with Crippen LogP contribution in [0.2, 0.25) is 0 Å². The number of hydrogen-bond donors (Lipinski definition) is 0. The molecule has 12 aromatic rings. The molecule has 2 aliphatic carbocycles. The van der Waals surface area contributed by atoms with Gasteiger partial charge >= 0.3 is 0 Å². The molecule has 1 atom stereocenters. The van der Waals surface area contributed by atoms with E-state index in [1.54, 1.807) is 0 Å². The van der Waals surface area contributed by atoms with E-state index >= 15 is 0 Å². The van der Waals surface area contributed by atoms with Gasteiger partial charge in [-0.3, -0.25) is 0 Å². The summed E-state index contributed by atoms with van der Waals surface area (Å²) < 4.78 is 2.67. The summed E-state index contributed by atoms with van der Waals surface area (Å²) >= 11 is 1.93. The third-order valence-corrected chi connectivity index (χ3v) is 16.4. The van der Waals surface area contributed by atoms with Crippen molar-refractivity contribution in [3.8, 4) is 55.6 Å². The molecule has 0 N–H and O–H groups in total. The quantitative estimate of drug-likeness (QED) is 0.174. The van der Waals surface area contributed by atoms with Gasteiger partial charge in [-0.2, -0.15) is 0 Å². The zero-order valence-corrected chi connectivity index (χ0v) is 38.9. The van der Waals surface area contributed by atoms with E-state index in [-0.39, 0.29) is 0 Å². The first-order chi connectivity index (χ1) is 34.8. The molecule has 11 aromatic carbocycles. The van der Waals surface area contributed by atoms with Gasteiger partial charge in [0.15, 0.2) is 0 Å².